The molecule has 0 bridgehead atoms. The summed E-state index contributed by atoms with van der Waals surface area (Å²) in [7, 11) is 0. The maximum Gasteiger partial charge on any atom is 0.227 e. The Bertz CT molecular complexity index is 3220. The number of hydrogen-bond acceptors (Lipinski definition) is 4. The Morgan fingerprint density at radius 2 is 1.07 bits per heavy atom. The predicted octanol–water partition coefficient (Wildman–Crippen LogP) is 15.5. The third-order valence-corrected chi connectivity index (χ3v) is 12.0. The van der Waals surface area contributed by atoms with E-state index in [1.54, 1.807) is 11.3 Å². The second-order valence-corrected chi connectivity index (χ2v) is 15.4. The number of benzene rings is 9. The van der Waals surface area contributed by atoms with Crippen LogP contribution in [0.4, 0.5) is 17.1 Å². The number of anilines is 3. The normalized spacial score (nSPS) is 11.5. The van der Waals surface area contributed by atoms with E-state index in [9.17, 15) is 0 Å². The molecule has 0 aliphatic rings. The number of aromatic nitrogens is 1. The van der Waals surface area contributed by atoms with Crippen LogP contribution in [-0.2, 0) is 0 Å². The van der Waals surface area contributed by atoms with Crippen LogP contribution in [0.3, 0.4) is 0 Å². The number of thiophene rings is 1. The molecule has 2 aromatic heterocycles. The summed E-state index contributed by atoms with van der Waals surface area (Å²) in [5, 5.41) is 4.80. The van der Waals surface area contributed by atoms with E-state index in [2.05, 4.69) is 181 Å². The van der Waals surface area contributed by atoms with Gasteiger partial charge in [0.2, 0.25) is 5.89 Å². The molecule has 57 heavy (non-hydrogen) atoms. The van der Waals surface area contributed by atoms with Gasteiger partial charge in [0.15, 0.2) is 5.58 Å². The molecule has 0 N–H and O–H groups in total. The molecule has 2 heterocycles. The zero-order chi connectivity index (χ0) is 37.7. The van der Waals surface area contributed by atoms with Gasteiger partial charge in [0.05, 0.1) is 5.69 Å². The van der Waals surface area contributed by atoms with Crippen LogP contribution < -0.4 is 4.90 Å². The minimum Gasteiger partial charge on any atom is -0.436 e. The van der Waals surface area contributed by atoms with Crippen molar-refractivity contribution in [2.45, 2.75) is 0 Å². The number of hydrogen-bond donors (Lipinski definition) is 0. The fraction of sp³-hybridized carbons (Fsp3) is 0. The monoisotopic (exact) mass is 746 g/mol. The van der Waals surface area contributed by atoms with E-state index in [0.717, 1.165) is 43.8 Å². The summed E-state index contributed by atoms with van der Waals surface area (Å²) in [4.78, 5) is 7.40. The Hall–Kier alpha value is -7.27. The van der Waals surface area contributed by atoms with Crippen molar-refractivity contribution in [3.63, 3.8) is 0 Å². The Morgan fingerprint density at radius 1 is 0.421 bits per heavy atom. The summed E-state index contributed by atoms with van der Waals surface area (Å²) in [5.41, 5.74) is 13.0. The van der Waals surface area contributed by atoms with Gasteiger partial charge in [0.1, 0.15) is 5.52 Å². The fourth-order valence-electron chi connectivity index (χ4n) is 8.12. The molecule has 0 fully saturated rings. The fourth-order valence-corrected chi connectivity index (χ4v) is 9.25. The van der Waals surface area contributed by atoms with Gasteiger partial charge in [-0.2, -0.15) is 0 Å². The molecule has 0 aliphatic carbocycles. The molecular formula is C53H34N2OS. The van der Waals surface area contributed by atoms with Crippen molar-refractivity contribution >= 4 is 70.4 Å². The van der Waals surface area contributed by atoms with Crippen LogP contribution in [0.5, 0.6) is 0 Å². The molecule has 3 nitrogen and oxygen atoms in total. The lowest BCUT2D eigenvalue weighted by atomic mass is 9.92. The highest BCUT2D eigenvalue weighted by atomic mass is 32.1. The van der Waals surface area contributed by atoms with Gasteiger partial charge in [-0.05, 0) is 105 Å². The van der Waals surface area contributed by atoms with Crippen molar-refractivity contribution in [3.8, 4) is 44.8 Å². The third-order valence-electron chi connectivity index (χ3n) is 10.9. The van der Waals surface area contributed by atoms with Gasteiger partial charge < -0.3 is 9.32 Å². The Labute approximate surface area is 334 Å². The van der Waals surface area contributed by atoms with Crippen LogP contribution in [0.15, 0.2) is 211 Å². The van der Waals surface area contributed by atoms with Gasteiger partial charge in [-0.1, -0.05) is 140 Å². The highest BCUT2D eigenvalue weighted by Crippen LogP contribution is 2.48. The first kappa shape index (κ1) is 33.1. The van der Waals surface area contributed by atoms with Gasteiger partial charge in [-0.3, -0.25) is 0 Å². The SMILES string of the molecule is c1ccc(-c2ccc(N(c3ccc(-c4ccccc4)c(-c4ccc5ccccc5c4)c3)c3cccc4sc5cc6oc(-c7ccccc7)nc6cc5c34)cc2)cc1. The lowest BCUT2D eigenvalue weighted by Gasteiger charge is -2.28. The lowest BCUT2D eigenvalue weighted by Crippen LogP contribution is -2.10. The second kappa shape index (κ2) is 13.8. The summed E-state index contributed by atoms with van der Waals surface area (Å²) in [6, 6.07) is 73.7. The van der Waals surface area contributed by atoms with Crippen molar-refractivity contribution in [2.24, 2.45) is 0 Å². The summed E-state index contributed by atoms with van der Waals surface area (Å²) in [6.45, 7) is 0. The molecule has 9 aromatic carbocycles. The molecule has 11 rings (SSSR count). The quantitative estimate of drug-likeness (QED) is 0.163. The number of oxazole rings is 1. The maximum absolute atomic E-state index is 6.34. The first-order valence-electron chi connectivity index (χ1n) is 19.2. The van der Waals surface area contributed by atoms with Crippen molar-refractivity contribution in [1.82, 2.24) is 4.98 Å². The van der Waals surface area contributed by atoms with Gasteiger partial charge in [0.25, 0.3) is 0 Å². The van der Waals surface area contributed by atoms with E-state index in [-0.39, 0.29) is 0 Å². The molecule has 0 aliphatic heterocycles. The zero-order valence-corrected chi connectivity index (χ0v) is 31.7. The largest absolute Gasteiger partial charge is 0.436 e. The second-order valence-electron chi connectivity index (χ2n) is 14.4. The molecule has 268 valence electrons. The average Bonchev–Trinajstić information content (AvgIpc) is 3.87. The first-order valence-corrected chi connectivity index (χ1v) is 20.0. The van der Waals surface area contributed by atoms with E-state index in [1.807, 2.05) is 30.3 Å². The van der Waals surface area contributed by atoms with Crippen molar-refractivity contribution in [2.75, 3.05) is 4.90 Å². The lowest BCUT2D eigenvalue weighted by molar-refractivity contribution is 0.620. The van der Waals surface area contributed by atoms with Crippen LogP contribution in [0.1, 0.15) is 0 Å². The summed E-state index contributed by atoms with van der Waals surface area (Å²) < 4.78 is 8.71. The zero-order valence-electron chi connectivity index (χ0n) is 30.8. The Kier molecular flexibility index (Phi) is 8.01. The minimum absolute atomic E-state index is 0.632. The minimum atomic E-state index is 0.632. The van der Waals surface area contributed by atoms with E-state index in [0.29, 0.717) is 5.89 Å². The van der Waals surface area contributed by atoms with Crippen molar-refractivity contribution < 1.29 is 4.42 Å². The topological polar surface area (TPSA) is 29.3 Å². The average molecular weight is 747 g/mol. The summed E-state index contributed by atoms with van der Waals surface area (Å²) in [5.74, 6) is 0.632. The van der Waals surface area contributed by atoms with E-state index >= 15 is 0 Å². The molecule has 0 spiro atoms. The number of rotatable bonds is 7. The molecule has 0 amide bonds. The highest BCUT2D eigenvalue weighted by Gasteiger charge is 2.22. The molecular weight excluding hydrogens is 713 g/mol. The molecule has 0 unspecified atom stereocenters. The first-order chi connectivity index (χ1) is 28.2. The molecule has 0 saturated heterocycles. The van der Waals surface area contributed by atoms with Crippen LogP contribution in [0.2, 0.25) is 0 Å². The molecule has 11 aromatic rings. The van der Waals surface area contributed by atoms with E-state index in [1.165, 1.54) is 54.2 Å². The van der Waals surface area contributed by atoms with E-state index < -0.39 is 0 Å². The standard InChI is InChI=1S/C53H34N2OS/c1-4-13-35(14-5-1)37-25-27-42(28-26-37)55(43-29-30-44(38-16-6-2-7-17-38)45(32-43)41-24-23-36-15-10-11-20-40(36)31-41)48-21-12-22-50-52(48)46-33-47-49(34-51(46)57-50)56-53(54-47)39-18-8-3-9-19-39/h1-34H. The maximum atomic E-state index is 6.34. The van der Waals surface area contributed by atoms with E-state index in [4.69, 9.17) is 9.40 Å². The van der Waals surface area contributed by atoms with Crippen LogP contribution >= 0.6 is 11.3 Å². The molecule has 4 heteroatoms. The predicted molar refractivity (Wildman–Crippen MR) is 241 cm³/mol. The van der Waals surface area contributed by atoms with Crippen LogP contribution in [0, 0.1) is 0 Å². The number of nitrogens with zero attached hydrogens (tertiary/aromatic N) is 2. The Morgan fingerprint density at radius 3 is 1.84 bits per heavy atom. The van der Waals surface area contributed by atoms with Crippen LogP contribution in [-0.4, -0.2) is 4.98 Å². The Balaban J connectivity index is 1.14. The van der Waals surface area contributed by atoms with Gasteiger partial charge in [-0.25, -0.2) is 4.98 Å². The smallest absolute Gasteiger partial charge is 0.227 e. The molecule has 0 radical (unpaired) electrons. The van der Waals surface area contributed by atoms with Crippen molar-refractivity contribution in [3.05, 3.63) is 206 Å². The molecule has 0 saturated carbocycles. The van der Waals surface area contributed by atoms with Crippen molar-refractivity contribution in [1.29, 1.82) is 0 Å². The third kappa shape index (κ3) is 5.95. The van der Waals surface area contributed by atoms with Gasteiger partial charge in [0, 0.05) is 43.2 Å². The summed E-state index contributed by atoms with van der Waals surface area (Å²) in [6.07, 6.45) is 0. The molecule has 0 atom stereocenters. The van der Waals surface area contributed by atoms with Gasteiger partial charge >= 0.3 is 0 Å². The summed E-state index contributed by atoms with van der Waals surface area (Å²) >= 11 is 1.79. The van der Waals surface area contributed by atoms with Crippen LogP contribution in [0.25, 0.3) is 86.9 Å². The van der Waals surface area contributed by atoms with Gasteiger partial charge in [-0.15, -0.1) is 11.3 Å². The highest BCUT2D eigenvalue weighted by molar-refractivity contribution is 7.26. The number of fused-ring (bicyclic) bond motifs is 5.